The van der Waals surface area contributed by atoms with E-state index in [2.05, 4.69) is 15.7 Å². The maximum absolute atomic E-state index is 12.8. The van der Waals surface area contributed by atoms with Crippen molar-refractivity contribution in [1.82, 2.24) is 20.4 Å². The molecule has 1 saturated heterocycles. The molecule has 0 saturated carbocycles. The van der Waals surface area contributed by atoms with Gasteiger partial charge in [-0.05, 0) is 50.6 Å². The van der Waals surface area contributed by atoms with Crippen molar-refractivity contribution < 1.29 is 9.21 Å². The van der Waals surface area contributed by atoms with Gasteiger partial charge in [0.15, 0.2) is 5.76 Å². The first-order valence-electron chi connectivity index (χ1n) is 8.94. The van der Waals surface area contributed by atoms with Crippen LogP contribution in [-0.4, -0.2) is 34.8 Å². The largest absolute Gasteiger partial charge is 0.460 e. The molecule has 4 rings (SSSR count). The van der Waals surface area contributed by atoms with Crippen molar-refractivity contribution in [2.75, 3.05) is 13.1 Å². The highest BCUT2D eigenvalue weighted by Crippen LogP contribution is 2.25. The van der Waals surface area contributed by atoms with E-state index in [9.17, 15) is 4.79 Å². The Balaban J connectivity index is 0.00000210. The molecule has 7 heteroatoms. The van der Waals surface area contributed by atoms with Crippen LogP contribution in [0.1, 0.15) is 29.0 Å². The number of carbonyl (C=O) groups excluding carboxylic acids is 1. The highest BCUT2D eigenvalue weighted by atomic mass is 35.5. The molecule has 1 unspecified atom stereocenters. The Bertz CT molecular complexity index is 898. The zero-order valence-corrected chi connectivity index (χ0v) is 16.0. The van der Waals surface area contributed by atoms with E-state index in [4.69, 9.17) is 4.42 Å². The molecule has 3 heterocycles. The predicted octanol–water partition coefficient (Wildman–Crippen LogP) is 3.34. The average Bonchev–Trinajstić information content (AvgIpc) is 3.40. The number of benzene rings is 1. The fourth-order valence-electron chi connectivity index (χ4n) is 3.24. The molecule has 1 aliphatic rings. The number of para-hydroxylation sites is 1. The molecule has 0 radical (unpaired) electrons. The van der Waals surface area contributed by atoms with Crippen molar-refractivity contribution in [2.24, 2.45) is 0 Å². The molecule has 1 fully saturated rings. The predicted molar refractivity (Wildman–Crippen MR) is 107 cm³/mol. The smallest absolute Gasteiger partial charge is 0.255 e. The number of nitrogens with zero attached hydrogens (tertiary/aromatic N) is 2. The summed E-state index contributed by atoms with van der Waals surface area (Å²) in [6.45, 7) is 3.51. The van der Waals surface area contributed by atoms with Gasteiger partial charge in [-0.1, -0.05) is 18.2 Å². The van der Waals surface area contributed by atoms with Gasteiger partial charge in [-0.15, -0.1) is 12.4 Å². The lowest BCUT2D eigenvalue weighted by Crippen LogP contribution is -2.37. The van der Waals surface area contributed by atoms with Crippen LogP contribution in [0.3, 0.4) is 0 Å². The molecule has 1 atom stereocenters. The van der Waals surface area contributed by atoms with Gasteiger partial charge >= 0.3 is 0 Å². The number of amides is 1. The minimum atomic E-state index is -0.134. The number of halogens is 1. The van der Waals surface area contributed by atoms with Crippen LogP contribution >= 0.6 is 12.4 Å². The number of furan rings is 1. The van der Waals surface area contributed by atoms with Gasteiger partial charge in [-0.3, -0.25) is 4.79 Å². The molecule has 0 bridgehead atoms. The van der Waals surface area contributed by atoms with E-state index in [1.54, 1.807) is 10.9 Å². The number of rotatable bonds is 5. The van der Waals surface area contributed by atoms with Crippen LogP contribution in [0.2, 0.25) is 0 Å². The minimum Gasteiger partial charge on any atom is -0.460 e. The van der Waals surface area contributed by atoms with E-state index in [1.165, 1.54) is 0 Å². The van der Waals surface area contributed by atoms with Crippen LogP contribution in [0.15, 0.2) is 53.1 Å². The number of aryl methyl sites for hydroxylation is 1. The molecule has 0 aliphatic carbocycles. The van der Waals surface area contributed by atoms with E-state index < -0.39 is 0 Å². The monoisotopic (exact) mass is 386 g/mol. The highest BCUT2D eigenvalue weighted by molar-refractivity contribution is 5.99. The van der Waals surface area contributed by atoms with E-state index in [0.29, 0.717) is 29.6 Å². The number of hydrogen-bond acceptors (Lipinski definition) is 4. The lowest BCUT2D eigenvalue weighted by Gasteiger charge is -2.11. The standard InChI is InChI=1S/C20H22N4O2.ClH/c1-14-9-10-18(26-14)19-17(20(25)22-12-15-6-5-11-21-15)13-24(23-19)16-7-3-2-4-8-16;/h2-4,7-10,13,15,21H,5-6,11-12H2,1H3,(H,22,25);1H. The van der Waals surface area contributed by atoms with Gasteiger partial charge in [0.1, 0.15) is 11.5 Å². The zero-order valence-electron chi connectivity index (χ0n) is 15.1. The Hall–Kier alpha value is -2.57. The quantitative estimate of drug-likeness (QED) is 0.705. The van der Waals surface area contributed by atoms with Crippen molar-refractivity contribution in [3.05, 3.63) is 60.0 Å². The molecule has 142 valence electrons. The topological polar surface area (TPSA) is 72.1 Å². The Morgan fingerprint density at radius 1 is 1.30 bits per heavy atom. The number of aromatic nitrogens is 2. The van der Waals surface area contributed by atoms with Crippen LogP contribution < -0.4 is 10.6 Å². The molecule has 1 amide bonds. The summed E-state index contributed by atoms with van der Waals surface area (Å²) in [6, 6.07) is 13.8. The highest BCUT2D eigenvalue weighted by Gasteiger charge is 2.22. The van der Waals surface area contributed by atoms with Crippen LogP contribution in [0.5, 0.6) is 0 Å². The normalized spacial score (nSPS) is 16.1. The summed E-state index contributed by atoms with van der Waals surface area (Å²) in [6.07, 6.45) is 4.01. The zero-order chi connectivity index (χ0) is 17.9. The number of carbonyl (C=O) groups is 1. The molecule has 1 aromatic carbocycles. The Labute approximate surface area is 164 Å². The molecule has 27 heavy (non-hydrogen) atoms. The van der Waals surface area contributed by atoms with Gasteiger partial charge < -0.3 is 15.1 Å². The first kappa shape index (κ1) is 19.2. The average molecular weight is 387 g/mol. The van der Waals surface area contributed by atoms with Crippen LogP contribution in [0.4, 0.5) is 0 Å². The fourth-order valence-corrected chi connectivity index (χ4v) is 3.24. The first-order valence-corrected chi connectivity index (χ1v) is 8.94. The van der Waals surface area contributed by atoms with Crippen molar-refractivity contribution in [3.63, 3.8) is 0 Å². The van der Waals surface area contributed by atoms with Gasteiger partial charge in [-0.25, -0.2) is 4.68 Å². The molecule has 3 aromatic rings. The summed E-state index contributed by atoms with van der Waals surface area (Å²) in [7, 11) is 0. The van der Waals surface area contributed by atoms with Gasteiger partial charge in [0.05, 0.1) is 11.3 Å². The SMILES string of the molecule is Cc1ccc(-c2nn(-c3ccccc3)cc2C(=O)NCC2CCCN2)o1.Cl. The van der Waals surface area contributed by atoms with E-state index in [-0.39, 0.29) is 18.3 Å². The van der Waals surface area contributed by atoms with Gasteiger partial charge in [0, 0.05) is 18.8 Å². The minimum absolute atomic E-state index is 0. The molecule has 2 N–H and O–H groups in total. The molecule has 6 nitrogen and oxygen atoms in total. The van der Waals surface area contributed by atoms with Crippen molar-refractivity contribution in [1.29, 1.82) is 0 Å². The maximum Gasteiger partial charge on any atom is 0.255 e. The second-order valence-electron chi connectivity index (χ2n) is 6.59. The third-order valence-electron chi connectivity index (χ3n) is 4.62. The maximum atomic E-state index is 12.8. The lowest BCUT2D eigenvalue weighted by atomic mass is 10.2. The third kappa shape index (κ3) is 4.23. The van der Waals surface area contributed by atoms with Gasteiger partial charge in [-0.2, -0.15) is 5.10 Å². The van der Waals surface area contributed by atoms with Gasteiger partial charge in [0.2, 0.25) is 0 Å². The van der Waals surface area contributed by atoms with Crippen LogP contribution in [0.25, 0.3) is 17.1 Å². The van der Waals surface area contributed by atoms with Crippen LogP contribution in [0, 0.1) is 6.92 Å². The van der Waals surface area contributed by atoms with E-state index >= 15 is 0 Å². The Kier molecular flexibility index (Phi) is 5.98. The second-order valence-corrected chi connectivity index (χ2v) is 6.59. The Morgan fingerprint density at radius 3 is 2.78 bits per heavy atom. The van der Waals surface area contributed by atoms with Crippen LogP contribution in [-0.2, 0) is 0 Å². The summed E-state index contributed by atoms with van der Waals surface area (Å²) >= 11 is 0. The molecule has 0 spiro atoms. The number of nitrogens with one attached hydrogen (secondary N) is 2. The van der Waals surface area contributed by atoms with E-state index in [0.717, 1.165) is 30.8 Å². The molecule has 1 aliphatic heterocycles. The summed E-state index contributed by atoms with van der Waals surface area (Å²) in [4.78, 5) is 12.8. The van der Waals surface area contributed by atoms with Gasteiger partial charge in [0.25, 0.3) is 5.91 Å². The first-order chi connectivity index (χ1) is 12.7. The molecular weight excluding hydrogens is 364 g/mol. The second kappa shape index (κ2) is 8.41. The summed E-state index contributed by atoms with van der Waals surface area (Å²) < 4.78 is 7.44. The van der Waals surface area contributed by atoms with E-state index in [1.807, 2.05) is 49.4 Å². The molecule has 2 aromatic heterocycles. The van der Waals surface area contributed by atoms with Crippen molar-refractivity contribution in [2.45, 2.75) is 25.8 Å². The lowest BCUT2D eigenvalue weighted by molar-refractivity contribution is 0.0950. The van der Waals surface area contributed by atoms with Crippen molar-refractivity contribution >= 4 is 18.3 Å². The fraction of sp³-hybridized carbons (Fsp3) is 0.300. The number of hydrogen-bond donors (Lipinski definition) is 2. The summed E-state index contributed by atoms with van der Waals surface area (Å²) in [5.41, 5.74) is 1.97. The third-order valence-corrected chi connectivity index (χ3v) is 4.62. The summed E-state index contributed by atoms with van der Waals surface area (Å²) in [5, 5.41) is 11.0. The molecular formula is C20H23ClN4O2. The Morgan fingerprint density at radius 2 is 2.11 bits per heavy atom. The summed E-state index contributed by atoms with van der Waals surface area (Å²) in [5.74, 6) is 1.25. The van der Waals surface area contributed by atoms with Crippen molar-refractivity contribution in [3.8, 4) is 17.1 Å².